The van der Waals surface area contributed by atoms with Crippen LogP contribution in [0, 0.1) is 0 Å². The lowest BCUT2D eigenvalue weighted by atomic mass is 10.0. The summed E-state index contributed by atoms with van der Waals surface area (Å²) in [6, 6.07) is 0. The van der Waals surface area contributed by atoms with Crippen LogP contribution in [0.2, 0.25) is 0 Å². The van der Waals surface area contributed by atoms with Gasteiger partial charge in [0.05, 0.1) is 13.0 Å². The van der Waals surface area contributed by atoms with Crippen molar-refractivity contribution in [2.75, 3.05) is 6.54 Å². The van der Waals surface area contributed by atoms with Gasteiger partial charge in [0.1, 0.15) is 24.5 Å². The smallest absolute Gasteiger partial charge is 0.229 e. The highest BCUT2D eigenvalue weighted by molar-refractivity contribution is 5.82. The number of ether oxygens (including phenoxy) is 4. The maximum Gasteiger partial charge on any atom is 0.229 e. The van der Waals surface area contributed by atoms with Crippen LogP contribution in [0.25, 0.3) is 0 Å². The Labute approximate surface area is 98.7 Å². The molecule has 0 N–H and O–H groups in total. The van der Waals surface area contributed by atoms with Crippen LogP contribution >= 0.6 is 0 Å². The number of β-lactam (4-membered cyclic amide) rings is 1. The molecule has 0 aromatic heterocycles. The van der Waals surface area contributed by atoms with Crippen LogP contribution in [0.4, 0.5) is 0 Å². The number of carbonyl (C=O) groups is 1. The second kappa shape index (κ2) is 3.00. The highest BCUT2D eigenvalue weighted by atomic mass is 16.8. The van der Waals surface area contributed by atoms with Gasteiger partial charge in [-0.15, -0.1) is 0 Å². The zero-order valence-corrected chi connectivity index (χ0v) is 9.79. The lowest BCUT2D eigenvalue weighted by Gasteiger charge is -2.47. The molecule has 4 aliphatic rings. The van der Waals surface area contributed by atoms with E-state index >= 15 is 0 Å². The van der Waals surface area contributed by atoms with Gasteiger partial charge in [0.2, 0.25) is 5.91 Å². The third-order valence-corrected chi connectivity index (χ3v) is 3.80. The van der Waals surface area contributed by atoms with Gasteiger partial charge >= 0.3 is 0 Å². The van der Waals surface area contributed by atoms with Crippen molar-refractivity contribution in [2.24, 2.45) is 0 Å². The summed E-state index contributed by atoms with van der Waals surface area (Å²) in [5.41, 5.74) is 0. The lowest BCUT2D eigenvalue weighted by Crippen LogP contribution is -2.64. The molecule has 17 heavy (non-hydrogen) atoms. The highest BCUT2D eigenvalue weighted by Gasteiger charge is 2.60. The summed E-state index contributed by atoms with van der Waals surface area (Å²) in [5.74, 6) is -0.479. The molecule has 0 aromatic carbocycles. The van der Waals surface area contributed by atoms with Crippen LogP contribution in [0.15, 0.2) is 0 Å². The minimum Gasteiger partial charge on any atom is -0.349 e. The quantitative estimate of drug-likeness (QED) is 0.551. The number of hydrogen-bond acceptors (Lipinski definition) is 5. The van der Waals surface area contributed by atoms with E-state index in [4.69, 9.17) is 18.9 Å². The molecule has 4 fully saturated rings. The van der Waals surface area contributed by atoms with E-state index in [9.17, 15) is 4.79 Å². The van der Waals surface area contributed by atoms with Gasteiger partial charge in [-0.3, -0.25) is 4.79 Å². The van der Waals surface area contributed by atoms with Gasteiger partial charge < -0.3 is 23.8 Å². The fourth-order valence-electron chi connectivity index (χ4n) is 3.00. The van der Waals surface area contributed by atoms with E-state index in [2.05, 4.69) is 0 Å². The first-order valence-corrected chi connectivity index (χ1v) is 5.99. The average Bonchev–Trinajstić information content (AvgIpc) is 2.68. The largest absolute Gasteiger partial charge is 0.349 e. The van der Waals surface area contributed by atoms with Crippen LogP contribution in [0.1, 0.15) is 20.3 Å². The van der Waals surface area contributed by atoms with Crippen molar-refractivity contribution in [1.82, 2.24) is 4.90 Å². The molecule has 94 valence electrons. The van der Waals surface area contributed by atoms with Crippen molar-refractivity contribution in [3.05, 3.63) is 0 Å². The second-order valence-electron chi connectivity index (χ2n) is 5.45. The van der Waals surface area contributed by atoms with Crippen LogP contribution in [-0.2, 0) is 23.7 Å². The minimum atomic E-state index is -0.615. The zero-order valence-electron chi connectivity index (χ0n) is 9.79. The first-order chi connectivity index (χ1) is 8.03. The predicted octanol–water partition coefficient (Wildman–Crippen LogP) is -0.180. The van der Waals surface area contributed by atoms with E-state index in [1.165, 1.54) is 0 Å². The summed E-state index contributed by atoms with van der Waals surface area (Å²) in [5, 5.41) is 0. The van der Waals surface area contributed by atoms with Gasteiger partial charge in [-0.05, 0) is 13.8 Å². The Kier molecular flexibility index (Phi) is 1.81. The van der Waals surface area contributed by atoms with E-state index in [-0.39, 0.29) is 36.7 Å². The average molecular weight is 241 g/mol. The first kappa shape index (κ1) is 10.3. The van der Waals surface area contributed by atoms with Gasteiger partial charge in [0, 0.05) is 0 Å². The molecular formula is C11H15NO5. The maximum atomic E-state index is 11.3. The van der Waals surface area contributed by atoms with Crippen molar-refractivity contribution in [2.45, 2.75) is 56.9 Å². The van der Waals surface area contributed by atoms with E-state index in [1.54, 1.807) is 4.90 Å². The number of amides is 1. The summed E-state index contributed by atoms with van der Waals surface area (Å²) in [6.07, 6.45) is -0.386. The number of carbonyl (C=O) groups excluding carboxylic acids is 1. The number of fused-ring (bicyclic) bond motifs is 4. The van der Waals surface area contributed by atoms with Crippen molar-refractivity contribution in [3.63, 3.8) is 0 Å². The predicted molar refractivity (Wildman–Crippen MR) is 53.7 cm³/mol. The van der Waals surface area contributed by atoms with Crippen molar-refractivity contribution in [1.29, 1.82) is 0 Å². The summed E-state index contributed by atoms with van der Waals surface area (Å²) in [4.78, 5) is 13.0. The maximum absolute atomic E-state index is 11.3. The summed E-state index contributed by atoms with van der Waals surface area (Å²) < 4.78 is 23.1. The third kappa shape index (κ3) is 1.32. The monoisotopic (exact) mass is 241 g/mol. The Morgan fingerprint density at radius 2 is 2.06 bits per heavy atom. The van der Waals surface area contributed by atoms with E-state index in [0.29, 0.717) is 13.0 Å². The fourth-order valence-corrected chi connectivity index (χ4v) is 3.00. The molecule has 5 atom stereocenters. The SMILES string of the molecule is CC1(C)O[C@H]2O[C@@H]3CN4C(=O)CC4O[C@@H]3[C@H]2O1. The molecule has 4 heterocycles. The standard InChI is InChI=1S/C11H15NO5/c1-11(2)16-9-8-5(14-10(9)17-11)4-12-6(13)3-7(12)15-8/h5,7-10H,3-4H2,1-2H3/t5-,7?,8+,9-,10-/m1/s1. The molecule has 6 nitrogen and oxygen atoms in total. The normalized spacial score (nSPS) is 50.6. The van der Waals surface area contributed by atoms with Crippen molar-refractivity contribution in [3.8, 4) is 0 Å². The molecule has 4 saturated heterocycles. The van der Waals surface area contributed by atoms with E-state index < -0.39 is 5.79 Å². The van der Waals surface area contributed by atoms with Crippen LogP contribution in [0.3, 0.4) is 0 Å². The Hall–Kier alpha value is -0.690. The minimum absolute atomic E-state index is 0.0848. The molecule has 1 amide bonds. The van der Waals surface area contributed by atoms with Crippen molar-refractivity contribution >= 4 is 5.91 Å². The zero-order chi connectivity index (χ0) is 11.8. The van der Waals surface area contributed by atoms with Crippen molar-refractivity contribution < 1.29 is 23.7 Å². The van der Waals surface area contributed by atoms with Gasteiger partial charge in [-0.1, -0.05) is 0 Å². The number of rotatable bonds is 0. The third-order valence-electron chi connectivity index (χ3n) is 3.80. The van der Waals surface area contributed by atoms with E-state index in [0.717, 1.165) is 0 Å². The Balaban J connectivity index is 1.55. The molecular weight excluding hydrogens is 226 g/mol. The van der Waals surface area contributed by atoms with Gasteiger partial charge in [-0.2, -0.15) is 0 Å². The van der Waals surface area contributed by atoms with Crippen LogP contribution in [0.5, 0.6) is 0 Å². The molecule has 0 bridgehead atoms. The lowest BCUT2D eigenvalue weighted by molar-refractivity contribution is -0.260. The Morgan fingerprint density at radius 3 is 2.82 bits per heavy atom. The molecule has 1 unspecified atom stereocenters. The number of nitrogens with zero attached hydrogens (tertiary/aromatic N) is 1. The van der Waals surface area contributed by atoms with Gasteiger partial charge in [0.25, 0.3) is 0 Å². The summed E-state index contributed by atoms with van der Waals surface area (Å²) in [6.45, 7) is 4.33. The number of hydrogen-bond donors (Lipinski definition) is 0. The van der Waals surface area contributed by atoms with E-state index in [1.807, 2.05) is 13.8 Å². The highest BCUT2D eigenvalue weighted by Crippen LogP contribution is 2.43. The topological polar surface area (TPSA) is 57.2 Å². The molecule has 0 spiro atoms. The summed E-state index contributed by atoms with van der Waals surface area (Å²) in [7, 11) is 0. The molecule has 4 rings (SSSR count). The molecule has 0 aliphatic carbocycles. The molecule has 0 aromatic rings. The summed E-state index contributed by atoms with van der Waals surface area (Å²) >= 11 is 0. The second-order valence-corrected chi connectivity index (χ2v) is 5.45. The molecule has 4 aliphatic heterocycles. The van der Waals surface area contributed by atoms with Gasteiger partial charge in [-0.25, -0.2) is 0 Å². The first-order valence-electron chi connectivity index (χ1n) is 5.99. The molecule has 0 saturated carbocycles. The fraction of sp³-hybridized carbons (Fsp3) is 0.909. The Morgan fingerprint density at radius 1 is 1.24 bits per heavy atom. The molecule has 6 heteroatoms. The van der Waals surface area contributed by atoms with Crippen LogP contribution < -0.4 is 0 Å². The molecule has 0 radical (unpaired) electrons. The van der Waals surface area contributed by atoms with Gasteiger partial charge in [0.15, 0.2) is 12.1 Å². The Bertz CT molecular complexity index is 384. The van der Waals surface area contributed by atoms with Crippen LogP contribution in [-0.4, -0.2) is 54.0 Å².